The smallest absolute Gasteiger partial charge is 0.259 e. The molecule has 1 saturated heterocycles. The maximum absolute atomic E-state index is 11.7. The van der Waals surface area contributed by atoms with E-state index in [1.165, 1.54) is 12.5 Å². The zero-order valence-electron chi connectivity index (χ0n) is 8.47. The molecule has 0 aliphatic carbocycles. The van der Waals surface area contributed by atoms with Gasteiger partial charge in [-0.25, -0.2) is 18.1 Å². The van der Waals surface area contributed by atoms with Crippen molar-refractivity contribution in [3.63, 3.8) is 0 Å². The van der Waals surface area contributed by atoms with Crippen LogP contribution in [-0.2, 0) is 16.6 Å². The van der Waals surface area contributed by atoms with Crippen LogP contribution in [0.4, 0.5) is 0 Å². The number of hydrogen-bond donors (Lipinski definition) is 2. The van der Waals surface area contributed by atoms with Crippen LogP contribution >= 0.6 is 0 Å². The van der Waals surface area contributed by atoms with Crippen molar-refractivity contribution in [2.75, 3.05) is 13.1 Å². The highest BCUT2D eigenvalue weighted by molar-refractivity contribution is 7.89. The van der Waals surface area contributed by atoms with Crippen LogP contribution < -0.4 is 10.0 Å². The lowest BCUT2D eigenvalue weighted by Gasteiger charge is -2.27. The molecule has 1 aromatic heterocycles. The Balaban J connectivity index is 2.13. The molecule has 1 aromatic rings. The summed E-state index contributed by atoms with van der Waals surface area (Å²) in [6.07, 6.45) is 3.06. The highest BCUT2D eigenvalue weighted by atomic mass is 32.2. The molecule has 2 N–H and O–H groups in total. The number of rotatable bonds is 4. The Hall–Kier alpha value is -0.920. The van der Waals surface area contributed by atoms with Crippen LogP contribution in [-0.4, -0.2) is 37.1 Å². The van der Waals surface area contributed by atoms with Crippen molar-refractivity contribution in [1.82, 2.24) is 19.6 Å². The van der Waals surface area contributed by atoms with Crippen molar-refractivity contribution < 1.29 is 8.42 Å². The van der Waals surface area contributed by atoms with E-state index in [1.54, 1.807) is 4.57 Å². The average molecular weight is 230 g/mol. The minimum Gasteiger partial charge on any atom is -0.336 e. The second kappa shape index (κ2) is 3.92. The van der Waals surface area contributed by atoms with Crippen molar-refractivity contribution in [3.8, 4) is 0 Å². The first-order chi connectivity index (χ1) is 7.12. The Kier molecular flexibility index (Phi) is 2.76. The summed E-state index contributed by atoms with van der Waals surface area (Å²) < 4.78 is 27.8. The molecule has 15 heavy (non-hydrogen) atoms. The highest BCUT2D eigenvalue weighted by Crippen LogP contribution is 2.07. The Morgan fingerprint density at radius 3 is 2.87 bits per heavy atom. The van der Waals surface area contributed by atoms with Gasteiger partial charge in [-0.15, -0.1) is 0 Å². The van der Waals surface area contributed by atoms with Gasteiger partial charge in [0.1, 0.15) is 0 Å². The summed E-state index contributed by atoms with van der Waals surface area (Å²) in [4.78, 5) is 3.86. The molecule has 0 aromatic carbocycles. The summed E-state index contributed by atoms with van der Waals surface area (Å²) in [6.45, 7) is 4.02. The monoisotopic (exact) mass is 230 g/mol. The van der Waals surface area contributed by atoms with Gasteiger partial charge in [0, 0.05) is 31.9 Å². The van der Waals surface area contributed by atoms with E-state index >= 15 is 0 Å². The van der Waals surface area contributed by atoms with Crippen LogP contribution in [0.2, 0.25) is 0 Å². The second-order valence-corrected chi connectivity index (χ2v) is 5.18. The van der Waals surface area contributed by atoms with Crippen LogP contribution in [0.5, 0.6) is 0 Å². The molecule has 0 unspecified atom stereocenters. The fourth-order valence-electron chi connectivity index (χ4n) is 1.30. The molecular formula is C8H14N4O2S. The first kappa shape index (κ1) is 10.6. The van der Waals surface area contributed by atoms with Crippen LogP contribution in [0.15, 0.2) is 17.6 Å². The molecule has 1 aliphatic rings. The predicted octanol–water partition coefficient (Wildman–Crippen LogP) is -0.847. The maximum atomic E-state index is 11.7. The second-order valence-electron chi connectivity index (χ2n) is 3.52. The van der Waals surface area contributed by atoms with Gasteiger partial charge in [-0.05, 0) is 6.92 Å². The molecule has 7 heteroatoms. The summed E-state index contributed by atoms with van der Waals surface area (Å²) in [6, 6.07) is 0.00164. The molecule has 0 amide bonds. The molecule has 0 bridgehead atoms. The summed E-state index contributed by atoms with van der Waals surface area (Å²) in [7, 11) is -3.43. The van der Waals surface area contributed by atoms with E-state index in [-0.39, 0.29) is 11.1 Å². The van der Waals surface area contributed by atoms with E-state index in [0.29, 0.717) is 19.6 Å². The van der Waals surface area contributed by atoms with E-state index in [4.69, 9.17) is 0 Å². The molecule has 6 nitrogen and oxygen atoms in total. The zero-order valence-corrected chi connectivity index (χ0v) is 9.29. The molecule has 0 atom stereocenters. The standard InChI is InChI=1S/C8H14N4O2S/c1-2-12-5-8(10-6-12)15(13,14)11-7-3-9-4-7/h5-7,9,11H,2-4H2,1H3. The number of nitrogens with one attached hydrogen (secondary N) is 2. The third-order valence-corrected chi connectivity index (χ3v) is 3.76. The Morgan fingerprint density at radius 1 is 1.67 bits per heavy atom. The van der Waals surface area contributed by atoms with E-state index < -0.39 is 10.0 Å². The zero-order chi connectivity index (χ0) is 10.9. The van der Waals surface area contributed by atoms with Crippen LogP contribution in [0, 0.1) is 0 Å². The molecule has 2 rings (SSSR count). The fourth-order valence-corrected chi connectivity index (χ4v) is 2.49. The topological polar surface area (TPSA) is 76.0 Å². The van der Waals surface area contributed by atoms with Gasteiger partial charge in [-0.3, -0.25) is 0 Å². The van der Waals surface area contributed by atoms with Crippen LogP contribution in [0.3, 0.4) is 0 Å². The lowest BCUT2D eigenvalue weighted by Crippen LogP contribution is -2.56. The molecular weight excluding hydrogens is 216 g/mol. The van der Waals surface area contributed by atoms with Gasteiger partial charge in [-0.1, -0.05) is 0 Å². The quantitative estimate of drug-likeness (QED) is 0.706. The van der Waals surface area contributed by atoms with Crippen molar-refractivity contribution in [2.24, 2.45) is 0 Å². The number of nitrogens with zero attached hydrogens (tertiary/aromatic N) is 2. The SMILES string of the molecule is CCn1cnc(S(=O)(=O)NC2CNC2)c1. The third-order valence-electron chi connectivity index (χ3n) is 2.35. The minimum absolute atomic E-state index is 0.00164. The van der Waals surface area contributed by atoms with E-state index in [2.05, 4.69) is 15.0 Å². The summed E-state index contributed by atoms with van der Waals surface area (Å²) >= 11 is 0. The fraction of sp³-hybridized carbons (Fsp3) is 0.625. The van der Waals surface area contributed by atoms with Gasteiger partial charge in [0.15, 0.2) is 5.03 Å². The molecule has 84 valence electrons. The summed E-state index contributed by atoms with van der Waals surface area (Å²) in [5.74, 6) is 0. The van der Waals surface area contributed by atoms with Crippen LogP contribution in [0.25, 0.3) is 0 Å². The lowest BCUT2D eigenvalue weighted by molar-refractivity contribution is 0.410. The normalized spacial score (nSPS) is 17.7. The average Bonchev–Trinajstić information content (AvgIpc) is 2.60. The molecule has 2 heterocycles. The van der Waals surface area contributed by atoms with Crippen molar-refractivity contribution >= 4 is 10.0 Å². The van der Waals surface area contributed by atoms with Crippen molar-refractivity contribution in [2.45, 2.75) is 24.5 Å². The van der Waals surface area contributed by atoms with Gasteiger partial charge in [0.05, 0.1) is 6.33 Å². The van der Waals surface area contributed by atoms with Crippen molar-refractivity contribution in [1.29, 1.82) is 0 Å². The molecule has 1 aliphatic heterocycles. The van der Waals surface area contributed by atoms with Gasteiger partial charge in [-0.2, -0.15) is 0 Å². The molecule has 1 fully saturated rings. The Morgan fingerprint density at radius 2 is 2.40 bits per heavy atom. The number of aryl methyl sites for hydroxylation is 1. The first-order valence-electron chi connectivity index (χ1n) is 4.86. The van der Waals surface area contributed by atoms with Gasteiger partial charge in [0.2, 0.25) is 0 Å². The molecule has 0 saturated carbocycles. The summed E-state index contributed by atoms with van der Waals surface area (Å²) in [5.41, 5.74) is 0. The molecule has 0 radical (unpaired) electrons. The number of aromatic nitrogens is 2. The molecule has 0 spiro atoms. The Labute approximate surface area is 88.7 Å². The van der Waals surface area contributed by atoms with Gasteiger partial charge in [0.25, 0.3) is 10.0 Å². The van der Waals surface area contributed by atoms with Crippen LogP contribution in [0.1, 0.15) is 6.92 Å². The minimum atomic E-state index is -3.43. The Bertz CT molecular complexity index is 435. The van der Waals surface area contributed by atoms with Gasteiger partial charge >= 0.3 is 0 Å². The lowest BCUT2D eigenvalue weighted by atomic mass is 10.2. The van der Waals surface area contributed by atoms with E-state index in [1.807, 2.05) is 6.92 Å². The van der Waals surface area contributed by atoms with E-state index in [9.17, 15) is 8.42 Å². The third kappa shape index (κ3) is 2.19. The predicted molar refractivity (Wildman–Crippen MR) is 54.9 cm³/mol. The largest absolute Gasteiger partial charge is 0.336 e. The maximum Gasteiger partial charge on any atom is 0.259 e. The number of imidazole rings is 1. The van der Waals surface area contributed by atoms with E-state index in [0.717, 1.165) is 0 Å². The van der Waals surface area contributed by atoms with Gasteiger partial charge < -0.3 is 9.88 Å². The first-order valence-corrected chi connectivity index (χ1v) is 6.35. The number of sulfonamides is 1. The van der Waals surface area contributed by atoms with Crippen molar-refractivity contribution in [3.05, 3.63) is 12.5 Å². The highest BCUT2D eigenvalue weighted by Gasteiger charge is 2.25. The summed E-state index contributed by atoms with van der Waals surface area (Å²) in [5, 5.41) is 3.09. The number of hydrogen-bond acceptors (Lipinski definition) is 4.